The Morgan fingerprint density at radius 2 is 2.25 bits per heavy atom. The van der Waals surface area contributed by atoms with Crippen molar-refractivity contribution in [3.8, 4) is 0 Å². The van der Waals surface area contributed by atoms with Crippen molar-refractivity contribution in [1.82, 2.24) is 24.5 Å². The summed E-state index contributed by atoms with van der Waals surface area (Å²) in [5.41, 5.74) is 0.521. The van der Waals surface area contributed by atoms with Gasteiger partial charge < -0.3 is 5.32 Å². The number of nitrogens with zero attached hydrogens (tertiary/aromatic N) is 5. The van der Waals surface area contributed by atoms with Crippen LogP contribution in [0.2, 0.25) is 0 Å². The van der Waals surface area contributed by atoms with Crippen LogP contribution in [0, 0.1) is 0 Å². The standard InChI is InChI=1S/C12H17BrN6O/c1-3-4-5-19-12(20)11(13)9(6-16-19)14-7-10-15-8-18(2)17-10/h6,8,14H,3-5,7H2,1-2H3. The predicted molar refractivity (Wildman–Crippen MR) is 79.4 cm³/mol. The van der Waals surface area contributed by atoms with Crippen LogP contribution in [-0.2, 0) is 20.1 Å². The summed E-state index contributed by atoms with van der Waals surface area (Å²) in [6, 6.07) is 0. The van der Waals surface area contributed by atoms with Crippen molar-refractivity contribution in [2.45, 2.75) is 32.9 Å². The van der Waals surface area contributed by atoms with Gasteiger partial charge in [-0.05, 0) is 22.4 Å². The maximum atomic E-state index is 12.1. The fraction of sp³-hybridized carbons (Fsp3) is 0.500. The Kier molecular flexibility index (Phi) is 4.89. The average molecular weight is 341 g/mol. The van der Waals surface area contributed by atoms with Crippen LogP contribution >= 0.6 is 15.9 Å². The third-order valence-electron chi connectivity index (χ3n) is 2.79. The molecule has 0 atom stereocenters. The number of hydrogen-bond donors (Lipinski definition) is 1. The maximum Gasteiger partial charge on any atom is 0.283 e. The predicted octanol–water partition coefficient (Wildman–Crippen LogP) is 1.55. The Balaban J connectivity index is 2.09. The number of halogens is 1. The van der Waals surface area contributed by atoms with Crippen molar-refractivity contribution in [3.63, 3.8) is 0 Å². The van der Waals surface area contributed by atoms with Gasteiger partial charge in [-0.1, -0.05) is 13.3 Å². The highest BCUT2D eigenvalue weighted by atomic mass is 79.9. The molecule has 108 valence electrons. The summed E-state index contributed by atoms with van der Waals surface area (Å²) in [4.78, 5) is 16.2. The summed E-state index contributed by atoms with van der Waals surface area (Å²) < 4.78 is 3.59. The van der Waals surface area contributed by atoms with Gasteiger partial charge in [0.15, 0.2) is 5.82 Å². The molecule has 2 aromatic heterocycles. The van der Waals surface area contributed by atoms with Crippen LogP contribution in [0.5, 0.6) is 0 Å². The molecule has 2 heterocycles. The summed E-state index contributed by atoms with van der Waals surface area (Å²) in [5.74, 6) is 0.662. The summed E-state index contributed by atoms with van der Waals surface area (Å²) in [6.45, 7) is 3.16. The topological polar surface area (TPSA) is 77.6 Å². The van der Waals surface area contributed by atoms with E-state index in [-0.39, 0.29) is 5.56 Å². The van der Waals surface area contributed by atoms with Gasteiger partial charge in [0.05, 0.1) is 18.4 Å². The summed E-state index contributed by atoms with van der Waals surface area (Å²) >= 11 is 3.32. The number of aryl methyl sites for hydroxylation is 2. The lowest BCUT2D eigenvalue weighted by Crippen LogP contribution is -2.24. The first kappa shape index (κ1) is 14.7. The van der Waals surface area contributed by atoms with E-state index in [9.17, 15) is 4.79 Å². The number of nitrogens with one attached hydrogen (secondary N) is 1. The lowest BCUT2D eigenvalue weighted by atomic mass is 10.3. The van der Waals surface area contributed by atoms with Gasteiger partial charge >= 0.3 is 0 Å². The van der Waals surface area contributed by atoms with E-state index >= 15 is 0 Å². The van der Waals surface area contributed by atoms with Crippen LogP contribution in [0.4, 0.5) is 5.69 Å². The smallest absolute Gasteiger partial charge is 0.283 e. The molecule has 0 spiro atoms. The highest BCUT2D eigenvalue weighted by molar-refractivity contribution is 9.10. The molecule has 0 saturated carbocycles. The lowest BCUT2D eigenvalue weighted by Gasteiger charge is -2.09. The van der Waals surface area contributed by atoms with Crippen molar-refractivity contribution >= 4 is 21.6 Å². The second-order valence-electron chi connectivity index (χ2n) is 4.44. The van der Waals surface area contributed by atoms with E-state index in [0.29, 0.717) is 29.1 Å². The Bertz CT molecular complexity index is 635. The zero-order chi connectivity index (χ0) is 14.5. The second kappa shape index (κ2) is 6.65. The van der Waals surface area contributed by atoms with E-state index in [1.165, 1.54) is 4.68 Å². The van der Waals surface area contributed by atoms with Gasteiger partial charge in [-0.25, -0.2) is 9.67 Å². The molecule has 0 unspecified atom stereocenters. The van der Waals surface area contributed by atoms with Crippen molar-refractivity contribution in [3.05, 3.63) is 33.2 Å². The third-order valence-corrected chi connectivity index (χ3v) is 3.56. The van der Waals surface area contributed by atoms with Gasteiger partial charge in [0.25, 0.3) is 5.56 Å². The van der Waals surface area contributed by atoms with Gasteiger partial charge in [-0.15, -0.1) is 0 Å². The molecular weight excluding hydrogens is 324 g/mol. The number of aromatic nitrogens is 5. The van der Waals surface area contributed by atoms with Crippen LogP contribution in [0.15, 0.2) is 21.8 Å². The highest BCUT2D eigenvalue weighted by Gasteiger charge is 2.09. The summed E-state index contributed by atoms with van der Waals surface area (Å²) in [6.07, 6.45) is 5.23. The Morgan fingerprint density at radius 1 is 1.45 bits per heavy atom. The zero-order valence-electron chi connectivity index (χ0n) is 11.5. The lowest BCUT2D eigenvalue weighted by molar-refractivity contribution is 0.541. The monoisotopic (exact) mass is 340 g/mol. The maximum absolute atomic E-state index is 12.1. The number of anilines is 1. The molecule has 0 saturated heterocycles. The molecule has 1 N–H and O–H groups in total. The van der Waals surface area contributed by atoms with E-state index in [1.807, 2.05) is 7.05 Å². The van der Waals surface area contributed by atoms with Gasteiger partial charge in [0, 0.05) is 13.6 Å². The van der Waals surface area contributed by atoms with Crippen molar-refractivity contribution < 1.29 is 0 Å². The van der Waals surface area contributed by atoms with Gasteiger partial charge in [0.1, 0.15) is 10.8 Å². The summed E-state index contributed by atoms with van der Waals surface area (Å²) in [7, 11) is 1.81. The fourth-order valence-corrected chi connectivity index (χ4v) is 2.14. The minimum atomic E-state index is -0.127. The first-order valence-electron chi connectivity index (χ1n) is 6.45. The molecule has 0 fully saturated rings. The third kappa shape index (κ3) is 3.44. The molecule has 0 radical (unpaired) electrons. The normalized spacial score (nSPS) is 10.8. The van der Waals surface area contributed by atoms with E-state index < -0.39 is 0 Å². The SMILES string of the molecule is CCCCn1ncc(NCc2ncn(C)n2)c(Br)c1=O. The molecular formula is C12H17BrN6O. The van der Waals surface area contributed by atoms with Gasteiger partial charge in [-0.3, -0.25) is 9.48 Å². The molecule has 8 heteroatoms. The largest absolute Gasteiger partial charge is 0.375 e. The van der Waals surface area contributed by atoms with E-state index in [0.717, 1.165) is 12.8 Å². The molecule has 0 aliphatic carbocycles. The summed E-state index contributed by atoms with van der Waals surface area (Å²) in [5, 5.41) is 11.4. The van der Waals surface area contributed by atoms with Crippen LogP contribution in [0.25, 0.3) is 0 Å². The Morgan fingerprint density at radius 3 is 2.90 bits per heavy atom. The number of unbranched alkanes of at least 4 members (excludes halogenated alkanes) is 1. The van der Waals surface area contributed by atoms with Crippen LogP contribution < -0.4 is 10.9 Å². The van der Waals surface area contributed by atoms with Crippen molar-refractivity contribution in [2.75, 3.05) is 5.32 Å². The quantitative estimate of drug-likeness (QED) is 0.863. The first-order valence-corrected chi connectivity index (χ1v) is 7.25. The van der Waals surface area contributed by atoms with Gasteiger partial charge in [-0.2, -0.15) is 10.2 Å². The number of hydrogen-bond acceptors (Lipinski definition) is 5. The molecule has 0 bridgehead atoms. The minimum Gasteiger partial charge on any atom is -0.375 e. The average Bonchev–Trinajstić information content (AvgIpc) is 2.85. The molecule has 0 aliphatic heterocycles. The van der Waals surface area contributed by atoms with Gasteiger partial charge in [0.2, 0.25) is 0 Å². The number of rotatable bonds is 6. The zero-order valence-corrected chi connectivity index (χ0v) is 13.1. The molecule has 0 aliphatic rings. The Labute approximate surface area is 125 Å². The highest BCUT2D eigenvalue weighted by Crippen LogP contribution is 2.16. The molecule has 0 amide bonds. The fourth-order valence-electron chi connectivity index (χ4n) is 1.69. The Hall–Kier alpha value is -1.70. The molecule has 2 aromatic rings. The molecule has 2 rings (SSSR count). The molecule has 0 aromatic carbocycles. The molecule has 7 nitrogen and oxygen atoms in total. The van der Waals surface area contributed by atoms with E-state index in [1.54, 1.807) is 17.2 Å². The second-order valence-corrected chi connectivity index (χ2v) is 5.24. The minimum absolute atomic E-state index is 0.127. The molecule has 20 heavy (non-hydrogen) atoms. The van der Waals surface area contributed by atoms with E-state index in [2.05, 4.69) is 43.4 Å². The van der Waals surface area contributed by atoms with Crippen molar-refractivity contribution in [2.24, 2.45) is 7.05 Å². The van der Waals surface area contributed by atoms with Crippen LogP contribution in [0.3, 0.4) is 0 Å². The van der Waals surface area contributed by atoms with Crippen LogP contribution in [0.1, 0.15) is 25.6 Å². The first-order chi connectivity index (χ1) is 9.61. The van der Waals surface area contributed by atoms with Crippen LogP contribution in [-0.4, -0.2) is 24.5 Å². The van der Waals surface area contributed by atoms with E-state index in [4.69, 9.17) is 0 Å². The van der Waals surface area contributed by atoms with Crippen molar-refractivity contribution in [1.29, 1.82) is 0 Å².